The summed E-state index contributed by atoms with van der Waals surface area (Å²) in [5, 5.41) is 10.3. The van der Waals surface area contributed by atoms with Gasteiger partial charge in [-0.15, -0.1) is 0 Å². The summed E-state index contributed by atoms with van der Waals surface area (Å²) < 4.78 is 5.20. The van der Waals surface area contributed by atoms with Crippen molar-refractivity contribution in [2.45, 2.75) is 19.5 Å². The molecule has 0 amide bonds. The van der Waals surface area contributed by atoms with E-state index in [9.17, 15) is 0 Å². The molecular weight excluding hydrogens is 216 g/mol. The van der Waals surface area contributed by atoms with Crippen LogP contribution in [0.15, 0.2) is 30.6 Å². The highest BCUT2D eigenvalue weighted by molar-refractivity contribution is 5.25. The number of ether oxygens (including phenoxy) is 1. The van der Waals surface area contributed by atoms with Crippen LogP contribution in [-0.2, 0) is 6.54 Å². The Morgan fingerprint density at radius 2 is 2.29 bits per heavy atom. The fourth-order valence-electron chi connectivity index (χ4n) is 1.62. The summed E-state index contributed by atoms with van der Waals surface area (Å²) in [4.78, 5) is 4.16. The zero-order valence-electron chi connectivity index (χ0n) is 9.97. The molecule has 0 aliphatic heterocycles. The van der Waals surface area contributed by atoms with Crippen molar-refractivity contribution in [3.05, 3.63) is 41.9 Å². The number of rotatable bonds is 5. The first-order chi connectivity index (χ1) is 8.31. The van der Waals surface area contributed by atoms with Crippen molar-refractivity contribution in [3.8, 4) is 5.88 Å². The van der Waals surface area contributed by atoms with Gasteiger partial charge in [-0.05, 0) is 19.1 Å². The SMILES string of the molecule is COc1ncccc1CNC(C)c1ccn[nH]1. The van der Waals surface area contributed by atoms with E-state index in [1.54, 1.807) is 19.5 Å². The minimum absolute atomic E-state index is 0.211. The second-order valence-electron chi connectivity index (χ2n) is 3.79. The number of hydrogen-bond acceptors (Lipinski definition) is 4. The smallest absolute Gasteiger partial charge is 0.217 e. The summed E-state index contributed by atoms with van der Waals surface area (Å²) in [7, 11) is 1.63. The molecule has 0 spiro atoms. The first kappa shape index (κ1) is 11.6. The van der Waals surface area contributed by atoms with Crippen molar-refractivity contribution in [2.24, 2.45) is 0 Å². The molecule has 5 heteroatoms. The van der Waals surface area contributed by atoms with Crippen molar-refractivity contribution in [2.75, 3.05) is 7.11 Å². The maximum Gasteiger partial charge on any atom is 0.217 e. The molecule has 2 heterocycles. The van der Waals surface area contributed by atoms with Gasteiger partial charge in [0.25, 0.3) is 0 Å². The van der Waals surface area contributed by atoms with E-state index in [2.05, 4.69) is 27.4 Å². The molecule has 2 rings (SSSR count). The molecule has 2 aromatic rings. The molecule has 90 valence electrons. The number of methoxy groups -OCH3 is 1. The van der Waals surface area contributed by atoms with Crippen molar-refractivity contribution >= 4 is 0 Å². The van der Waals surface area contributed by atoms with Crippen LogP contribution >= 0.6 is 0 Å². The summed E-state index contributed by atoms with van der Waals surface area (Å²) in [5.41, 5.74) is 2.11. The van der Waals surface area contributed by atoms with Gasteiger partial charge in [0.2, 0.25) is 5.88 Å². The minimum atomic E-state index is 0.211. The third-order valence-corrected chi connectivity index (χ3v) is 2.63. The van der Waals surface area contributed by atoms with E-state index in [1.807, 2.05) is 18.2 Å². The Kier molecular flexibility index (Phi) is 3.72. The van der Waals surface area contributed by atoms with Crippen molar-refractivity contribution in [1.29, 1.82) is 0 Å². The van der Waals surface area contributed by atoms with Crippen LogP contribution in [0.25, 0.3) is 0 Å². The molecule has 0 radical (unpaired) electrons. The van der Waals surface area contributed by atoms with Crippen molar-refractivity contribution in [1.82, 2.24) is 20.5 Å². The number of pyridine rings is 1. The Balaban J connectivity index is 1.98. The van der Waals surface area contributed by atoms with Crippen LogP contribution in [0.3, 0.4) is 0 Å². The number of hydrogen-bond donors (Lipinski definition) is 2. The summed E-state index contributed by atoms with van der Waals surface area (Å²) in [6.45, 7) is 2.79. The van der Waals surface area contributed by atoms with Crippen LogP contribution in [0.2, 0.25) is 0 Å². The topological polar surface area (TPSA) is 62.8 Å². The first-order valence-electron chi connectivity index (χ1n) is 5.52. The summed E-state index contributed by atoms with van der Waals surface area (Å²) >= 11 is 0. The Morgan fingerprint density at radius 3 is 3.00 bits per heavy atom. The second kappa shape index (κ2) is 5.45. The molecule has 0 saturated heterocycles. The molecule has 2 N–H and O–H groups in total. The third kappa shape index (κ3) is 2.82. The van der Waals surface area contributed by atoms with Crippen molar-refractivity contribution < 1.29 is 4.74 Å². The number of H-pyrrole nitrogens is 1. The maximum atomic E-state index is 5.20. The molecule has 2 aromatic heterocycles. The van der Waals surface area contributed by atoms with E-state index < -0.39 is 0 Å². The Hall–Kier alpha value is -1.88. The molecule has 0 aliphatic carbocycles. The van der Waals surface area contributed by atoms with Gasteiger partial charge in [0.05, 0.1) is 12.8 Å². The van der Waals surface area contributed by atoms with Gasteiger partial charge in [0.15, 0.2) is 0 Å². The molecule has 0 aliphatic rings. The zero-order chi connectivity index (χ0) is 12.1. The zero-order valence-corrected chi connectivity index (χ0v) is 9.97. The monoisotopic (exact) mass is 232 g/mol. The number of nitrogens with zero attached hydrogens (tertiary/aromatic N) is 2. The lowest BCUT2D eigenvalue weighted by molar-refractivity contribution is 0.389. The average molecular weight is 232 g/mol. The molecule has 17 heavy (non-hydrogen) atoms. The number of aromatic nitrogens is 3. The molecular formula is C12H16N4O. The lowest BCUT2D eigenvalue weighted by atomic mass is 10.2. The number of nitrogens with one attached hydrogen (secondary N) is 2. The molecule has 0 saturated carbocycles. The highest BCUT2D eigenvalue weighted by atomic mass is 16.5. The van der Waals surface area contributed by atoms with E-state index in [0.29, 0.717) is 12.4 Å². The van der Waals surface area contributed by atoms with Gasteiger partial charge in [0.1, 0.15) is 0 Å². The van der Waals surface area contributed by atoms with Gasteiger partial charge in [-0.25, -0.2) is 4.98 Å². The summed E-state index contributed by atoms with van der Waals surface area (Å²) in [5.74, 6) is 0.664. The summed E-state index contributed by atoms with van der Waals surface area (Å²) in [6.07, 6.45) is 3.47. The maximum absolute atomic E-state index is 5.20. The molecule has 0 aromatic carbocycles. The Morgan fingerprint density at radius 1 is 1.41 bits per heavy atom. The lowest BCUT2D eigenvalue weighted by Gasteiger charge is -2.13. The van der Waals surface area contributed by atoms with Crippen LogP contribution in [0, 0.1) is 0 Å². The van der Waals surface area contributed by atoms with E-state index in [1.165, 1.54) is 0 Å². The minimum Gasteiger partial charge on any atom is -0.481 e. The van der Waals surface area contributed by atoms with Crippen molar-refractivity contribution in [3.63, 3.8) is 0 Å². The average Bonchev–Trinajstić information content (AvgIpc) is 2.90. The highest BCUT2D eigenvalue weighted by Crippen LogP contribution is 2.15. The normalized spacial score (nSPS) is 12.4. The molecule has 0 fully saturated rings. The van der Waals surface area contributed by atoms with Crippen LogP contribution in [0.4, 0.5) is 0 Å². The summed E-state index contributed by atoms with van der Waals surface area (Å²) in [6, 6.07) is 6.07. The van der Waals surface area contributed by atoms with E-state index in [-0.39, 0.29) is 6.04 Å². The molecule has 1 unspecified atom stereocenters. The number of aromatic amines is 1. The van der Waals surface area contributed by atoms with Crippen LogP contribution in [-0.4, -0.2) is 22.3 Å². The lowest BCUT2D eigenvalue weighted by Crippen LogP contribution is -2.19. The molecule has 0 bridgehead atoms. The predicted octanol–water partition coefficient (Wildman–Crippen LogP) is 1.66. The fourth-order valence-corrected chi connectivity index (χ4v) is 1.62. The van der Waals surface area contributed by atoms with Gasteiger partial charge in [-0.3, -0.25) is 5.10 Å². The van der Waals surface area contributed by atoms with Gasteiger partial charge in [0, 0.05) is 30.5 Å². The van der Waals surface area contributed by atoms with E-state index >= 15 is 0 Å². The van der Waals surface area contributed by atoms with Gasteiger partial charge >= 0.3 is 0 Å². The van der Waals surface area contributed by atoms with Crippen LogP contribution < -0.4 is 10.1 Å². The first-order valence-corrected chi connectivity index (χ1v) is 5.52. The van der Waals surface area contributed by atoms with Gasteiger partial charge in [-0.2, -0.15) is 5.10 Å². The second-order valence-corrected chi connectivity index (χ2v) is 3.79. The standard InChI is InChI=1S/C12H16N4O/c1-9(11-5-7-15-16-11)14-8-10-4-3-6-13-12(10)17-2/h3-7,9,14H,8H2,1-2H3,(H,15,16). The largest absolute Gasteiger partial charge is 0.481 e. The molecule has 5 nitrogen and oxygen atoms in total. The predicted molar refractivity (Wildman–Crippen MR) is 64.6 cm³/mol. The third-order valence-electron chi connectivity index (χ3n) is 2.63. The molecule has 1 atom stereocenters. The quantitative estimate of drug-likeness (QED) is 0.823. The van der Waals surface area contributed by atoms with E-state index in [4.69, 9.17) is 4.74 Å². The Labute approximate surface area is 100 Å². The fraction of sp³-hybridized carbons (Fsp3) is 0.333. The Bertz CT molecular complexity index is 455. The highest BCUT2D eigenvalue weighted by Gasteiger charge is 2.08. The van der Waals surface area contributed by atoms with Crippen LogP contribution in [0.1, 0.15) is 24.2 Å². The van der Waals surface area contributed by atoms with E-state index in [0.717, 1.165) is 11.3 Å². The van der Waals surface area contributed by atoms with Gasteiger partial charge in [-0.1, -0.05) is 6.07 Å². The van der Waals surface area contributed by atoms with Crippen LogP contribution in [0.5, 0.6) is 5.88 Å². The van der Waals surface area contributed by atoms with Gasteiger partial charge < -0.3 is 10.1 Å².